The number of sulfonamides is 1. The number of thiophene rings is 1. The number of aryl methyl sites for hydroxylation is 2. The SMILES string of the molecule is Cc1ccc(-c2noc(-c3sccc3S(=O)(=O)N(C)c3cccc(Cl)c3)n2)cc1C. The summed E-state index contributed by atoms with van der Waals surface area (Å²) in [6, 6.07) is 14.1. The number of aromatic nitrogens is 2. The number of rotatable bonds is 5. The fourth-order valence-electron chi connectivity index (χ4n) is 2.93. The minimum Gasteiger partial charge on any atom is -0.333 e. The van der Waals surface area contributed by atoms with Gasteiger partial charge in [-0.05, 0) is 60.7 Å². The van der Waals surface area contributed by atoms with Crippen molar-refractivity contribution in [1.82, 2.24) is 10.1 Å². The summed E-state index contributed by atoms with van der Waals surface area (Å²) in [5.41, 5.74) is 3.55. The molecule has 2 aromatic heterocycles. The van der Waals surface area contributed by atoms with E-state index in [4.69, 9.17) is 16.1 Å². The maximum absolute atomic E-state index is 13.3. The van der Waals surface area contributed by atoms with Gasteiger partial charge in [0.15, 0.2) is 0 Å². The second-order valence-electron chi connectivity index (χ2n) is 6.79. The summed E-state index contributed by atoms with van der Waals surface area (Å²) in [5.74, 6) is 0.573. The van der Waals surface area contributed by atoms with Crippen molar-refractivity contribution < 1.29 is 12.9 Å². The number of anilines is 1. The van der Waals surface area contributed by atoms with Crippen molar-refractivity contribution in [3.05, 3.63) is 70.1 Å². The van der Waals surface area contributed by atoms with Crippen LogP contribution in [-0.4, -0.2) is 25.6 Å². The van der Waals surface area contributed by atoms with Crippen molar-refractivity contribution in [2.45, 2.75) is 18.7 Å². The van der Waals surface area contributed by atoms with Crippen molar-refractivity contribution in [3.8, 4) is 22.2 Å². The van der Waals surface area contributed by atoms with Gasteiger partial charge in [-0.3, -0.25) is 4.31 Å². The Labute approximate surface area is 183 Å². The number of benzene rings is 2. The molecule has 0 saturated carbocycles. The molecule has 154 valence electrons. The Balaban J connectivity index is 1.71. The predicted molar refractivity (Wildman–Crippen MR) is 120 cm³/mol. The summed E-state index contributed by atoms with van der Waals surface area (Å²) >= 11 is 7.25. The van der Waals surface area contributed by atoms with E-state index >= 15 is 0 Å². The first-order chi connectivity index (χ1) is 14.3. The second-order valence-corrected chi connectivity index (χ2v) is 10.1. The van der Waals surface area contributed by atoms with Gasteiger partial charge in [-0.2, -0.15) is 4.98 Å². The molecule has 6 nitrogen and oxygen atoms in total. The summed E-state index contributed by atoms with van der Waals surface area (Å²) in [5, 5.41) is 6.19. The Morgan fingerprint density at radius 1 is 1.07 bits per heavy atom. The molecule has 0 saturated heterocycles. The third-order valence-corrected chi connectivity index (χ3v) is 7.92. The molecule has 0 atom stereocenters. The standard InChI is InChI=1S/C21H18ClN3O3S2/c1-13-7-8-15(11-14(13)2)20-23-21(28-24-20)19-18(9-10-29-19)30(26,27)25(3)17-6-4-5-16(22)12-17/h4-12H,1-3H3. The van der Waals surface area contributed by atoms with E-state index in [-0.39, 0.29) is 10.8 Å². The first kappa shape index (κ1) is 20.6. The summed E-state index contributed by atoms with van der Waals surface area (Å²) in [6.07, 6.45) is 0. The van der Waals surface area contributed by atoms with Gasteiger partial charge in [-0.15, -0.1) is 11.3 Å². The van der Waals surface area contributed by atoms with Gasteiger partial charge in [0.25, 0.3) is 15.9 Å². The monoisotopic (exact) mass is 459 g/mol. The minimum atomic E-state index is -3.85. The highest BCUT2D eigenvalue weighted by Gasteiger charge is 2.28. The lowest BCUT2D eigenvalue weighted by atomic mass is 10.1. The third-order valence-electron chi connectivity index (χ3n) is 4.82. The van der Waals surface area contributed by atoms with Crippen LogP contribution in [0.4, 0.5) is 5.69 Å². The van der Waals surface area contributed by atoms with E-state index in [2.05, 4.69) is 10.1 Å². The van der Waals surface area contributed by atoms with Gasteiger partial charge in [-0.1, -0.05) is 35.0 Å². The van der Waals surface area contributed by atoms with Gasteiger partial charge in [0.1, 0.15) is 9.77 Å². The van der Waals surface area contributed by atoms with E-state index in [9.17, 15) is 8.42 Å². The molecule has 0 spiro atoms. The molecule has 0 unspecified atom stereocenters. The lowest BCUT2D eigenvalue weighted by Gasteiger charge is -2.19. The van der Waals surface area contributed by atoms with Crippen LogP contribution >= 0.6 is 22.9 Å². The van der Waals surface area contributed by atoms with Gasteiger partial charge in [0.2, 0.25) is 5.82 Å². The molecule has 0 aliphatic heterocycles. The molecule has 0 fully saturated rings. The lowest BCUT2D eigenvalue weighted by molar-refractivity contribution is 0.432. The highest BCUT2D eigenvalue weighted by Crippen LogP contribution is 2.36. The van der Waals surface area contributed by atoms with E-state index in [1.165, 1.54) is 28.8 Å². The molecule has 0 bridgehead atoms. The molecule has 0 radical (unpaired) electrons. The zero-order valence-corrected chi connectivity index (χ0v) is 18.8. The van der Waals surface area contributed by atoms with Crippen LogP contribution in [0.1, 0.15) is 11.1 Å². The zero-order valence-electron chi connectivity index (χ0n) is 16.5. The first-order valence-electron chi connectivity index (χ1n) is 9.01. The molecule has 4 rings (SSSR count). The van der Waals surface area contributed by atoms with E-state index in [1.54, 1.807) is 29.6 Å². The summed E-state index contributed by atoms with van der Waals surface area (Å²) in [6.45, 7) is 4.04. The average molecular weight is 460 g/mol. The van der Waals surface area contributed by atoms with Crippen molar-refractivity contribution >= 4 is 38.6 Å². The van der Waals surface area contributed by atoms with Crippen LogP contribution in [0.25, 0.3) is 22.2 Å². The third kappa shape index (κ3) is 3.74. The van der Waals surface area contributed by atoms with Crippen LogP contribution in [0, 0.1) is 13.8 Å². The topological polar surface area (TPSA) is 76.3 Å². The molecule has 2 aromatic carbocycles. The molecular formula is C21H18ClN3O3S2. The minimum absolute atomic E-state index is 0.102. The van der Waals surface area contributed by atoms with Crippen molar-refractivity contribution in [1.29, 1.82) is 0 Å². The maximum atomic E-state index is 13.3. The van der Waals surface area contributed by atoms with Gasteiger partial charge < -0.3 is 4.52 Å². The molecule has 2 heterocycles. The van der Waals surface area contributed by atoms with Crippen molar-refractivity contribution in [3.63, 3.8) is 0 Å². The summed E-state index contributed by atoms with van der Waals surface area (Å²) in [4.78, 5) is 4.94. The van der Waals surface area contributed by atoms with E-state index < -0.39 is 10.0 Å². The van der Waals surface area contributed by atoms with Gasteiger partial charge in [0.05, 0.1) is 5.69 Å². The highest BCUT2D eigenvalue weighted by atomic mass is 35.5. The Morgan fingerprint density at radius 2 is 1.87 bits per heavy atom. The Kier molecular flexibility index (Phi) is 5.40. The summed E-state index contributed by atoms with van der Waals surface area (Å²) in [7, 11) is -2.37. The molecule has 4 aromatic rings. The first-order valence-corrected chi connectivity index (χ1v) is 11.7. The van der Waals surface area contributed by atoms with Crippen LogP contribution in [0.5, 0.6) is 0 Å². The molecule has 0 aliphatic carbocycles. The zero-order chi connectivity index (χ0) is 21.5. The lowest BCUT2D eigenvalue weighted by Crippen LogP contribution is -2.26. The van der Waals surface area contributed by atoms with Gasteiger partial charge in [0, 0.05) is 17.6 Å². The predicted octanol–water partition coefficient (Wildman–Crippen LogP) is 5.56. The normalized spacial score (nSPS) is 11.6. The van der Waals surface area contributed by atoms with Crippen LogP contribution in [0.3, 0.4) is 0 Å². The number of hydrogen-bond acceptors (Lipinski definition) is 6. The fourth-order valence-corrected chi connectivity index (χ4v) is 5.62. The number of hydrogen-bond donors (Lipinski definition) is 0. The molecule has 30 heavy (non-hydrogen) atoms. The number of nitrogens with zero attached hydrogens (tertiary/aromatic N) is 3. The quantitative estimate of drug-likeness (QED) is 0.390. The second kappa shape index (κ2) is 7.86. The van der Waals surface area contributed by atoms with Gasteiger partial charge >= 0.3 is 0 Å². The van der Waals surface area contributed by atoms with Crippen LogP contribution in [0.2, 0.25) is 5.02 Å². The van der Waals surface area contributed by atoms with E-state index in [0.29, 0.717) is 21.4 Å². The highest BCUT2D eigenvalue weighted by molar-refractivity contribution is 7.93. The molecule has 0 N–H and O–H groups in total. The van der Waals surface area contributed by atoms with Crippen molar-refractivity contribution in [2.24, 2.45) is 0 Å². The van der Waals surface area contributed by atoms with E-state index in [0.717, 1.165) is 16.7 Å². The van der Waals surface area contributed by atoms with E-state index in [1.807, 2.05) is 32.0 Å². The molecular weight excluding hydrogens is 442 g/mol. The van der Waals surface area contributed by atoms with Crippen LogP contribution < -0.4 is 4.31 Å². The fraction of sp³-hybridized carbons (Fsp3) is 0.143. The smallest absolute Gasteiger partial charge is 0.269 e. The Bertz CT molecular complexity index is 1330. The average Bonchev–Trinajstić information content (AvgIpc) is 3.39. The van der Waals surface area contributed by atoms with Crippen LogP contribution in [-0.2, 0) is 10.0 Å². The van der Waals surface area contributed by atoms with Gasteiger partial charge in [-0.25, -0.2) is 8.42 Å². The Morgan fingerprint density at radius 3 is 2.60 bits per heavy atom. The largest absolute Gasteiger partial charge is 0.333 e. The van der Waals surface area contributed by atoms with Crippen LogP contribution in [0.15, 0.2) is 63.3 Å². The van der Waals surface area contributed by atoms with Crippen molar-refractivity contribution in [2.75, 3.05) is 11.4 Å². The molecule has 0 aliphatic rings. The molecule has 9 heteroatoms. The summed E-state index contributed by atoms with van der Waals surface area (Å²) < 4.78 is 33.1. The maximum Gasteiger partial charge on any atom is 0.269 e. The molecule has 0 amide bonds. The Hall–Kier alpha value is -2.68. The number of halogens is 1.